The van der Waals surface area contributed by atoms with Gasteiger partial charge in [0.15, 0.2) is 0 Å². The molecule has 0 spiro atoms. The third-order valence-electron chi connectivity index (χ3n) is 6.23. The Hall–Kier alpha value is -3.40. The second kappa shape index (κ2) is 9.33. The lowest BCUT2D eigenvalue weighted by molar-refractivity contribution is -0.137. The molecule has 5 rings (SSSR count). The van der Waals surface area contributed by atoms with E-state index in [0.29, 0.717) is 16.2 Å². The summed E-state index contributed by atoms with van der Waals surface area (Å²) in [4.78, 5) is 0. The van der Waals surface area contributed by atoms with Crippen LogP contribution in [0, 0.1) is 0 Å². The van der Waals surface area contributed by atoms with Crippen LogP contribution < -0.4 is 10.6 Å². The molecule has 3 atom stereocenters. The summed E-state index contributed by atoms with van der Waals surface area (Å²) in [6.07, 6.45) is -0.434. The first-order valence-electron chi connectivity index (χ1n) is 11.3. The van der Waals surface area contributed by atoms with Gasteiger partial charge in [0.25, 0.3) is 0 Å². The van der Waals surface area contributed by atoms with Crippen LogP contribution in [-0.4, -0.2) is 10.7 Å². The summed E-state index contributed by atoms with van der Waals surface area (Å²) < 4.78 is 56.4. The molecular weight excluding hydrogens is 466 g/mol. The number of benzene rings is 4. The molecule has 1 aliphatic rings. The van der Waals surface area contributed by atoms with Crippen molar-refractivity contribution in [2.24, 2.45) is 0 Å². The lowest BCUT2D eigenvalue weighted by Gasteiger charge is -2.22. The van der Waals surface area contributed by atoms with Crippen LogP contribution >= 0.6 is 7.29 Å². The molecule has 0 aromatic heterocycles. The first kappa shape index (κ1) is 23.3. The standard InChI is InChI=1S/C29H23F3NOP/c30-29(31,32)24-19-17-23(18-20-24)28-27(21-16-22-10-4-1-5-11-22)33(28)35(34,25-12-6-2-7-13-25)26-14-8-3-9-15-26/h1-21,27-28H/b21-16+/t27-,28-,33?/m1/s1. The van der Waals surface area contributed by atoms with Crippen molar-refractivity contribution >= 4 is 24.0 Å². The van der Waals surface area contributed by atoms with Gasteiger partial charge in [0, 0.05) is 10.6 Å². The Balaban J connectivity index is 1.60. The van der Waals surface area contributed by atoms with Gasteiger partial charge in [0.1, 0.15) is 0 Å². The molecule has 1 heterocycles. The molecule has 35 heavy (non-hydrogen) atoms. The number of rotatable bonds is 6. The minimum absolute atomic E-state index is 0.238. The highest BCUT2D eigenvalue weighted by Crippen LogP contribution is 2.64. The molecule has 1 fully saturated rings. The highest BCUT2D eigenvalue weighted by molar-refractivity contribution is 7.76. The van der Waals surface area contributed by atoms with Gasteiger partial charge in [-0.25, -0.2) is 4.67 Å². The lowest BCUT2D eigenvalue weighted by atomic mass is 10.1. The van der Waals surface area contributed by atoms with Gasteiger partial charge in [0.2, 0.25) is 7.29 Å². The average molecular weight is 489 g/mol. The largest absolute Gasteiger partial charge is 0.416 e. The summed E-state index contributed by atoms with van der Waals surface area (Å²) in [7, 11) is -3.27. The van der Waals surface area contributed by atoms with Gasteiger partial charge in [-0.15, -0.1) is 0 Å². The predicted octanol–water partition coefficient (Wildman–Crippen LogP) is 7.07. The summed E-state index contributed by atoms with van der Waals surface area (Å²) >= 11 is 0. The maximum atomic E-state index is 14.9. The average Bonchev–Trinajstić information content (AvgIpc) is 3.63. The fraction of sp³-hybridized carbons (Fsp3) is 0.103. The van der Waals surface area contributed by atoms with E-state index in [1.165, 1.54) is 12.1 Å². The summed E-state index contributed by atoms with van der Waals surface area (Å²) in [5.74, 6) is 0. The molecule has 1 aliphatic heterocycles. The van der Waals surface area contributed by atoms with Gasteiger partial charge < -0.3 is 0 Å². The van der Waals surface area contributed by atoms with Crippen molar-refractivity contribution in [3.8, 4) is 0 Å². The molecule has 4 aromatic carbocycles. The van der Waals surface area contributed by atoms with Crippen molar-refractivity contribution in [1.82, 2.24) is 4.67 Å². The molecule has 0 bridgehead atoms. The van der Waals surface area contributed by atoms with Crippen LogP contribution in [0.15, 0.2) is 121 Å². The number of halogens is 3. The van der Waals surface area contributed by atoms with E-state index in [4.69, 9.17) is 0 Å². The van der Waals surface area contributed by atoms with Gasteiger partial charge in [-0.3, -0.25) is 4.57 Å². The molecule has 0 aliphatic carbocycles. The van der Waals surface area contributed by atoms with Gasteiger partial charge in [-0.1, -0.05) is 91.0 Å². The van der Waals surface area contributed by atoms with E-state index in [2.05, 4.69) is 0 Å². The Morgan fingerprint density at radius 2 is 1.17 bits per heavy atom. The maximum absolute atomic E-state index is 14.9. The minimum atomic E-state index is -4.41. The lowest BCUT2D eigenvalue weighted by Crippen LogP contribution is -2.22. The van der Waals surface area contributed by atoms with Crippen LogP contribution in [0.5, 0.6) is 0 Å². The zero-order valence-electron chi connectivity index (χ0n) is 18.7. The van der Waals surface area contributed by atoms with E-state index in [1.807, 2.05) is 108 Å². The normalized spacial score (nSPS) is 20.1. The van der Waals surface area contributed by atoms with Crippen molar-refractivity contribution < 1.29 is 17.7 Å². The van der Waals surface area contributed by atoms with E-state index < -0.39 is 19.0 Å². The minimum Gasteiger partial charge on any atom is -0.296 e. The maximum Gasteiger partial charge on any atom is 0.416 e. The van der Waals surface area contributed by atoms with Gasteiger partial charge >= 0.3 is 6.18 Å². The van der Waals surface area contributed by atoms with Crippen molar-refractivity contribution in [2.75, 3.05) is 0 Å². The molecule has 6 heteroatoms. The zero-order valence-corrected chi connectivity index (χ0v) is 19.6. The van der Waals surface area contributed by atoms with Crippen LogP contribution in [0.1, 0.15) is 22.7 Å². The third kappa shape index (κ3) is 4.62. The second-order valence-electron chi connectivity index (χ2n) is 8.45. The second-order valence-corrected chi connectivity index (χ2v) is 11.1. The van der Waals surface area contributed by atoms with Gasteiger partial charge in [-0.05, 0) is 47.5 Å². The topological polar surface area (TPSA) is 20.1 Å². The first-order chi connectivity index (χ1) is 16.9. The monoisotopic (exact) mass is 489 g/mol. The SMILES string of the molecule is O=P(c1ccccc1)(c1ccccc1)N1[C@H](/C=C/c2ccccc2)[C@H]1c1ccc(C(F)(F)F)cc1. The number of nitrogens with zero attached hydrogens (tertiary/aromatic N) is 1. The van der Waals surface area contributed by atoms with Gasteiger partial charge in [-0.2, -0.15) is 13.2 Å². The highest BCUT2D eigenvalue weighted by Gasteiger charge is 2.57. The Labute approximate surface area is 202 Å². The summed E-state index contributed by atoms with van der Waals surface area (Å²) in [6, 6.07) is 33.0. The van der Waals surface area contributed by atoms with E-state index in [9.17, 15) is 17.7 Å². The van der Waals surface area contributed by atoms with Gasteiger partial charge in [0.05, 0.1) is 17.6 Å². The fourth-order valence-corrected chi connectivity index (χ4v) is 7.59. The Bertz CT molecular complexity index is 1310. The summed E-state index contributed by atoms with van der Waals surface area (Å²) in [5, 5.41) is 1.39. The van der Waals surface area contributed by atoms with Crippen molar-refractivity contribution in [1.29, 1.82) is 0 Å². The van der Waals surface area contributed by atoms with E-state index in [1.54, 1.807) is 0 Å². The van der Waals surface area contributed by atoms with E-state index >= 15 is 0 Å². The quantitative estimate of drug-likeness (QED) is 0.213. The number of hydrogen-bond acceptors (Lipinski definition) is 1. The third-order valence-corrected chi connectivity index (χ3v) is 9.39. The number of hydrogen-bond donors (Lipinski definition) is 0. The van der Waals surface area contributed by atoms with Crippen molar-refractivity contribution in [2.45, 2.75) is 18.3 Å². The predicted molar refractivity (Wildman–Crippen MR) is 135 cm³/mol. The first-order valence-corrected chi connectivity index (χ1v) is 13.0. The molecule has 2 nitrogen and oxygen atoms in total. The van der Waals surface area contributed by atoms with Crippen LogP contribution in [0.4, 0.5) is 13.2 Å². The molecule has 1 unspecified atom stereocenters. The molecule has 0 amide bonds. The Morgan fingerprint density at radius 3 is 1.66 bits per heavy atom. The van der Waals surface area contributed by atoms with Crippen LogP contribution in [0.3, 0.4) is 0 Å². The molecular formula is C29H23F3NOP. The number of alkyl halides is 3. The van der Waals surface area contributed by atoms with Crippen molar-refractivity contribution in [3.63, 3.8) is 0 Å². The smallest absolute Gasteiger partial charge is 0.296 e. The summed E-state index contributed by atoms with van der Waals surface area (Å²) in [5.41, 5.74) is 1.01. The zero-order chi connectivity index (χ0) is 24.5. The Kier molecular flexibility index (Phi) is 6.22. The van der Waals surface area contributed by atoms with Crippen molar-refractivity contribution in [3.05, 3.63) is 138 Å². The molecule has 1 saturated heterocycles. The van der Waals surface area contributed by atoms with Crippen LogP contribution in [0.25, 0.3) is 6.08 Å². The highest BCUT2D eigenvalue weighted by atomic mass is 31.2. The fourth-order valence-electron chi connectivity index (χ4n) is 4.46. The molecule has 176 valence electrons. The Morgan fingerprint density at radius 1 is 0.686 bits per heavy atom. The van der Waals surface area contributed by atoms with E-state index in [0.717, 1.165) is 17.7 Å². The van der Waals surface area contributed by atoms with Crippen LogP contribution in [-0.2, 0) is 10.7 Å². The summed E-state index contributed by atoms with van der Waals surface area (Å²) in [6.45, 7) is 0. The molecule has 0 N–H and O–H groups in total. The molecule has 0 saturated carbocycles. The molecule has 4 aromatic rings. The molecule has 0 radical (unpaired) electrons. The van der Waals surface area contributed by atoms with E-state index in [-0.39, 0.29) is 12.1 Å². The van der Waals surface area contributed by atoms with Crippen LogP contribution in [0.2, 0.25) is 0 Å².